The van der Waals surface area contributed by atoms with Crippen LogP contribution in [0.25, 0.3) is 0 Å². The van der Waals surface area contributed by atoms with Crippen molar-refractivity contribution in [3.05, 3.63) is 29.3 Å². The highest BCUT2D eigenvalue weighted by Crippen LogP contribution is 2.62. The van der Waals surface area contributed by atoms with Gasteiger partial charge in [0, 0.05) is 44.4 Å². The van der Waals surface area contributed by atoms with Gasteiger partial charge in [0.15, 0.2) is 0 Å². The standard InChI is InChI=1S/C39H59F9N2O5S2/c1-35-14-13-31-30-10-8-29(53-22-17-50(3)16-5-19-52-24-26-57-56-25-23-51-18-4-15-49-2)27-28(30)7-9-32(31)33(35)11-12-34(35)54-20-6-21-55-36(37(40,41)42,38(43,44)45)39(46,47)48/h8,10,27,31-34,49H,4-7,9,11-26H2,1-3H3/t31-,32-,33+,34+,35+/m1/s1. The number of hydrogen-bond acceptors (Lipinski definition) is 9. The summed E-state index contributed by atoms with van der Waals surface area (Å²) in [6, 6.07) is 6.36. The molecule has 1 N–H and O–H groups in total. The molecule has 3 aliphatic rings. The minimum atomic E-state index is -6.74. The van der Waals surface area contributed by atoms with E-state index in [1.165, 1.54) is 11.1 Å². The van der Waals surface area contributed by atoms with E-state index >= 15 is 0 Å². The van der Waals surface area contributed by atoms with Gasteiger partial charge in [0.2, 0.25) is 0 Å². The number of benzene rings is 1. The fourth-order valence-corrected chi connectivity index (χ4v) is 10.6. The Kier molecular flexibility index (Phi) is 18.8. The number of hydrogen-bond donors (Lipinski definition) is 1. The van der Waals surface area contributed by atoms with Gasteiger partial charge in [0.25, 0.3) is 0 Å². The molecule has 2 fully saturated rings. The van der Waals surface area contributed by atoms with Gasteiger partial charge in [-0.25, -0.2) is 0 Å². The van der Waals surface area contributed by atoms with Crippen LogP contribution in [0, 0.1) is 17.3 Å². The number of nitrogens with one attached hydrogen (secondary N) is 1. The van der Waals surface area contributed by atoms with E-state index in [2.05, 4.69) is 41.1 Å². The molecule has 4 rings (SSSR count). The zero-order chi connectivity index (χ0) is 41.7. The molecule has 18 heteroatoms. The maximum atomic E-state index is 13.2. The normalized spacial score (nSPS) is 24.1. The largest absolute Gasteiger partial charge is 0.492 e. The van der Waals surface area contributed by atoms with Crippen molar-refractivity contribution in [3.8, 4) is 5.75 Å². The Hall–Kier alpha value is -1.15. The fraction of sp³-hybridized carbons (Fsp3) is 0.846. The summed E-state index contributed by atoms with van der Waals surface area (Å²) in [5.41, 5.74) is -3.91. The second kappa shape index (κ2) is 22.1. The summed E-state index contributed by atoms with van der Waals surface area (Å²) in [5.74, 6) is 3.83. The third-order valence-electron chi connectivity index (χ3n) is 11.7. The number of likely N-dealkylation sites (N-methyl/N-ethyl adjacent to an activating group) is 1. The Bertz CT molecular complexity index is 1310. The minimum absolute atomic E-state index is 0.256. The first kappa shape index (κ1) is 48.5. The highest BCUT2D eigenvalue weighted by atomic mass is 33.1. The summed E-state index contributed by atoms with van der Waals surface area (Å²) >= 11 is 0. The van der Waals surface area contributed by atoms with E-state index < -0.39 is 37.2 Å². The number of rotatable bonds is 25. The molecule has 7 nitrogen and oxygen atoms in total. The van der Waals surface area contributed by atoms with Crippen molar-refractivity contribution >= 4 is 21.6 Å². The van der Waals surface area contributed by atoms with E-state index in [1.807, 2.05) is 34.7 Å². The predicted octanol–water partition coefficient (Wildman–Crippen LogP) is 9.49. The maximum absolute atomic E-state index is 13.2. The van der Waals surface area contributed by atoms with Crippen LogP contribution < -0.4 is 10.1 Å². The van der Waals surface area contributed by atoms with E-state index in [4.69, 9.17) is 18.9 Å². The third-order valence-corrected chi connectivity index (χ3v) is 14.1. The Labute approximate surface area is 338 Å². The van der Waals surface area contributed by atoms with Gasteiger partial charge < -0.3 is 33.9 Å². The van der Waals surface area contributed by atoms with Crippen molar-refractivity contribution in [2.45, 2.75) is 101 Å². The zero-order valence-corrected chi connectivity index (χ0v) is 34.7. The fourth-order valence-electron chi connectivity index (χ4n) is 8.84. The molecule has 0 amide bonds. The van der Waals surface area contributed by atoms with Crippen LogP contribution in [-0.2, 0) is 25.4 Å². The van der Waals surface area contributed by atoms with Gasteiger partial charge in [0.05, 0.1) is 25.9 Å². The molecule has 0 aliphatic heterocycles. The van der Waals surface area contributed by atoms with Gasteiger partial charge >= 0.3 is 24.1 Å². The number of nitrogens with zero attached hydrogens (tertiary/aromatic N) is 1. The topological polar surface area (TPSA) is 61.4 Å². The van der Waals surface area contributed by atoms with Crippen LogP contribution in [0.3, 0.4) is 0 Å². The van der Waals surface area contributed by atoms with Crippen molar-refractivity contribution in [2.75, 3.05) is 91.5 Å². The molecule has 0 spiro atoms. The zero-order valence-electron chi connectivity index (χ0n) is 33.1. The first-order valence-electron chi connectivity index (χ1n) is 19.9. The lowest BCUT2D eigenvalue weighted by Crippen LogP contribution is -2.67. The van der Waals surface area contributed by atoms with Crippen LogP contribution in [-0.4, -0.2) is 127 Å². The van der Waals surface area contributed by atoms with Gasteiger partial charge in [0.1, 0.15) is 12.4 Å². The molecule has 1 aromatic carbocycles. The highest BCUT2D eigenvalue weighted by molar-refractivity contribution is 8.76. The number of halogens is 9. The SMILES string of the molecule is CNCCCOCCSSCCOCCCN(C)CCOc1ccc2c(c1)CC[C@@H]1[C@@H]2CC[C@]2(C)[C@@H](OCCCOC(C(F)(F)F)(C(F)(F)F)C(F)(F)F)CC[C@@H]12. The number of fused-ring (bicyclic) bond motifs is 5. The Morgan fingerprint density at radius 1 is 0.772 bits per heavy atom. The Morgan fingerprint density at radius 2 is 1.44 bits per heavy atom. The summed E-state index contributed by atoms with van der Waals surface area (Å²) in [4.78, 5) is 2.24. The van der Waals surface area contributed by atoms with Crippen LogP contribution in [0.15, 0.2) is 18.2 Å². The molecule has 0 bridgehead atoms. The minimum Gasteiger partial charge on any atom is -0.492 e. The average Bonchev–Trinajstić information content (AvgIpc) is 3.47. The second-order valence-electron chi connectivity index (χ2n) is 15.5. The monoisotopic (exact) mass is 870 g/mol. The van der Waals surface area contributed by atoms with Crippen LogP contribution in [0.4, 0.5) is 39.5 Å². The molecule has 0 aromatic heterocycles. The predicted molar refractivity (Wildman–Crippen MR) is 205 cm³/mol. The van der Waals surface area contributed by atoms with Gasteiger partial charge in [-0.05, 0) is 125 Å². The number of aryl methyl sites for hydroxylation is 1. The van der Waals surface area contributed by atoms with Crippen LogP contribution >= 0.6 is 21.6 Å². The summed E-state index contributed by atoms with van der Waals surface area (Å²) < 4.78 is 146. The van der Waals surface area contributed by atoms with Crippen molar-refractivity contribution in [1.82, 2.24) is 10.2 Å². The molecule has 1 aromatic rings. The van der Waals surface area contributed by atoms with Gasteiger partial charge in [-0.1, -0.05) is 34.6 Å². The molecule has 0 heterocycles. The molecular formula is C39H59F9N2O5S2. The van der Waals surface area contributed by atoms with Crippen molar-refractivity contribution in [2.24, 2.45) is 17.3 Å². The molecule has 3 aliphatic carbocycles. The first-order chi connectivity index (χ1) is 27.0. The quantitative estimate of drug-likeness (QED) is 0.0589. The van der Waals surface area contributed by atoms with E-state index in [9.17, 15) is 39.5 Å². The van der Waals surface area contributed by atoms with Crippen molar-refractivity contribution in [3.63, 3.8) is 0 Å². The molecule has 5 atom stereocenters. The van der Waals surface area contributed by atoms with E-state index in [-0.39, 0.29) is 18.1 Å². The molecular weight excluding hydrogens is 812 g/mol. The summed E-state index contributed by atoms with van der Waals surface area (Å²) in [6.07, 6.45) is -14.0. The number of alkyl halides is 9. The van der Waals surface area contributed by atoms with Crippen molar-refractivity contribution < 1.29 is 63.2 Å². The Morgan fingerprint density at radius 3 is 2.09 bits per heavy atom. The molecule has 2 saturated carbocycles. The number of ether oxygens (including phenoxy) is 5. The summed E-state index contributed by atoms with van der Waals surface area (Å²) in [6.45, 7) is 6.66. The molecule has 330 valence electrons. The van der Waals surface area contributed by atoms with E-state index in [0.717, 1.165) is 108 Å². The molecule has 0 radical (unpaired) electrons. The summed E-state index contributed by atoms with van der Waals surface area (Å²) in [7, 11) is 7.64. The lowest BCUT2D eigenvalue weighted by molar-refractivity contribution is -0.457. The smallest absolute Gasteiger partial charge is 0.435 e. The molecule has 57 heavy (non-hydrogen) atoms. The lowest BCUT2D eigenvalue weighted by Gasteiger charge is -2.50. The van der Waals surface area contributed by atoms with Crippen LogP contribution in [0.2, 0.25) is 0 Å². The van der Waals surface area contributed by atoms with Gasteiger partial charge in [-0.2, -0.15) is 39.5 Å². The highest BCUT2D eigenvalue weighted by Gasteiger charge is 2.85. The average molecular weight is 871 g/mol. The van der Waals surface area contributed by atoms with Gasteiger partial charge in [-0.15, -0.1) is 0 Å². The molecule has 0 unspecified atom stereocenters. The third kappa shape index (κ3) is 12.7. The van der Waals surface area contributed by atoms with Crippen LogP contribution in [0.1, 0.15) is 75.3 Å². The van der Waals surface area contributed by atoms with Gasteiger partial charge in [-0.3, -0.25) is 0 Å². The molecule has 0 saturated heterocycles. The first-order valence-corrected chi connectivity index (χ1v) is 22.4. The van der Waals surface area contributed by atoms with Crippen LogP contribution in [0.5, 0.6) is 5.75 Å². The summed E-state index contributed by atoms with van der Waals surface area (Å²) in [5, 5.41) is 3.10. The lowest BCUT2D eigenvalue weighted by atomic mass is 9.55. The Balaban J connectivity index is 1.13. The van der Waals surface area contributed by atoms with E-state index in [0.29, 0.717) is 30.8 Å². The maximum Gasteiger partial charge on any atom is 0.435 e. The second-order valence-corrected chi connectivity index (χ2v) is 18.2. The van der Waals surface area contributed by atoms with Crippen molar-refractivity contribution in [1.29, 1.82) is 0 Å². The van der Waals surface area contributed by atoms with E-state index in [1.54, 1.807) is 0 Å².